The van der Waals surface area contributed by atoms with E-state index in [1.165, 1.54) is 0 Å². The van der Waals surface area contributed by atoms with E-state index in [0.717, 1.165) is 4.43 Å². The third-order valence-electron chi connectivity index (χ3n) is 0.120. The summed E-state index contributed by atoms with van der Waals surface area (Å²) < 4.78 is 8.97. The zero-order valence-corrected chi connectivity index (χ0v) is 4.69. The Bertz CT molecular complexity index is 8.00. The van der Waals surface area contributed by atoms with Gasteiger partial charge in [0.2, 0.25) is 0 Å². The molecule has 0 rings (SSSR count). The average Bonchev–Trinajstić information content (AvgIpc) is 1.37. The molecule has 0 atom stereocenters. The van der Waals surface area contributed by atoms with E-state index in [4.69, 9.17) is 3.44 Å². The summed E-state index contributed by atoms with van der Waals surface area (Å²) in [6.07, 6.45) is 0. The molecule has 0 saturated carbocycles. The van der Waals surface area contributed by atoms with E-state index in [9.17, 15) is 0 Å². The predicted molar refractivity (Wildman–Crippen MR) is 12.8 cm³/mol. The Morgan fingerprint density at radius 1 is 2.00 bits per heavy atom. The molecule has 0 aromatic heterocycles. The van der Waals surface area contributed by atoms with Crippen molar-refractivity contribution in [2.24, 2.45) is 0 Å². The second-order valence-corrected chi connectivity index (χ2v) is 2.59. The molecule has 1 N–H and O–H groups in total. The number of hydrogen-bond donors (Lipinski definition) is 1. The first-order chi connectivity index (χ1) is 1.91. The molecule has 0 aliphatic carbocycles. The van der Waals surface area contributed by atoms with E-state index >= 15 is 0 Å². The molecular weight excluding hydrogens is 167 g/mol. The van der Waals surface area contributed by atoms with Crippen LogP contribution in [0.25, 0.3) is 0 Å². The van der Waals surface area contributed by atoms with Gasteiger partial charge in [0.05, 0.1) is 0 Å². The molecule has 0 spiro atoms. The fourth-order valence-corrected chi connectivity index (χ4v) is 0. The van der Waals surface area contributed by atoms with Gasteiger partial charge in [0, 0.05) is 0 Å². The summed E-state index contributed by atoms with van der Waals surface area (Å²) in [4.78, 5) is 0. The van der Waals surface area contributed by atoms with Gasteiger partial charge in [-0.25, -0.2) is 0 Å². The summed E-state index contributed by atoms with van der Waals surface area (Å²) in [5.74, 6) is 0. The van der Waals surface area contributed by atoms with Gasteiger partial charge >= 0.3 is 36.4 Å². The molecule has 0 aliphatic heterocycles. The number of rotatable bonds is 1. The van der Waals surface area contributed by atoms with Gasteiger partial charge in [-0.3, -0.25) is 0 Å². The van der Waals surface area contributed by atoms with E-state index in [2.05, 4.69) is 0 Å². The molecule has 0 aromatic carbocycles. The fourth-order valence-electron chi connectivity index (χ4n) is 0. The molecule has 2 heteroatoms. The number of alkyl halides is 1. The van der Waals surface area contributed by atoms with Crippen LogP contribution >= 0.6 is 0 Å². The zero-order valence-electron chi connectivity index (χ0n) is 2.53. The fraction of sp³-hybridized carbons (Fsp3) is 1.00. The first-order valence-corrected chi connectivity index (χ1v) is 3.63. The summed E-state index contributed by atoms with van der Waals surface area (Å²) >= 11 is -0.389. The van der Waals surface area contributed by atoms with E-state index in [0.29, 0.717) is 0 Å². The maximum atomic E-state index is 7.98. The molecule has 0 radical (unpaired) electrons. The Morgan fingerprint density at radius 2 is 2.25 bits per heavy atom. The van der Waals surface area contributed by atoms with Crippen molar-refractivity contribution in [3.63, 3.8) is 0 Å². The van der Waals surface area contributed by atoms with Gasteiger partial charge in [-0.2, -0.15) is 0 Å². The minimum absolute atomic E-state index is 0.389. The Balaban J connectivity index is 1.97. The van der Waals surface area contributed by atoms with Gasteiger partial charge in [0.1, 0.15) is 0 Å². The maximum absolute atomic E-state index is 7.98. The molecule has 4 heavy (non-hydrogen) atoms. The van der Waals surface area contributed by atoms with Crippen LogP contribution in [0, 0.1) is 0 Å². The van der Waals surface area contributed by atoms with E-state index < -0.39 is 0 Å². The van der Waals surface area contributed by atoms with E-state index in [1.807, 2.05) is 6.92 Å². The van der Waals surface area contributed by atoms with Crippen molar-refractivity contribution in [3.05, 3.63) is 0 Å². The van der Waals surface area contributed by atoms with Crippen LogP contribution in [0.4, 0.5) is 0 Å². The summed E-state index contributed by atoms with van der Waals surface area (Å²) in [5.41, 5.74) is 0. The van der Waals surface area contributed by atoms with Crippen LogP contribution in [0.1, 0.15) is 6.92 Å². The van der Waals surface area contributed by atoms with Crippen molar-refractivity contribution in [3.8, 4) is 0 Å². The molecule has 0 fully saturated rings. The summed E-state index contributed by atoms with van der Waals surface area (Å²) in [7, 11) is 0. The minimum atomic E-state index is -0.389. The third kappa shape index (κ3) is 2.69. The molecule has 28 valence electrons. The Hall–Kier alpha value is 0.690. The molecule has 0 aliphatic rings. The Labute approximate surface area is 36.8 Å². The topological polar surface area (TPSA) is 20.2 Å². The van der Waals surface area contributed by atoms with Crippen LogP contribution in [0.5, 0.6) is 0 Å². The first-order valence-electron chi connectivity index (χ1n) is 1.14. The van der Waals surface area contributed by atoms with Crippen LogP contribution < -0.4 is 21.6 Å². The number of hydrogen-bond acceptors (Lipinski definition) is 1. The van der Waals surface area contributed by atoms with Crippen LogP contribution in [-0.2, 0) is 0 Å². The summed E-state index contributed by atoms with van der Waals surface area (Å²) in [6, 6.07) is 0. The summed E-state index contributed by atoms with van der Waals surface area (Å²) in [5, 5.41) is 0. The van der Waals surface area contributed by atoms with Gasteiger partial charge in [-0.05, 0) is 0 Å². The standard InChI is InChI=1S/C2H6IO/c1-2-3-4/h4H,2H2,1H3/q-1. The predicted octanol–water partition coefficient (Wildman–Crippen LogP) is -3.00. The molecule has 0 amide bonds. The second kappa shape index (κ2) is 3.69. The zero-order chi connectivity index (χ0) is 3.41. The van der Waals surface area contributed by atoms with Crippen molar-refractivity contribution in [1.29, 1.82) is 0 Å². The normalized spacial score (nSPS) is 8.50. The van der Waals surface area contributed by atoms with Gasteiger partial charge in [-0.15, -0.1) is 0 Å². The van der Waals surface area contributed by atoms with Crippen molar-refractivity contribution >= 4 is 0 Å². The SMILES string of the molecule is CC[I-]O. The Morgan fingerprint density at radius 3 is 2.25 bits per heavy atom. The van der Waals surface area contributed by atoms with Gasteiger partial charge in [-0.1, -0.05) is 0 Å². The molecule has 0 bridgehead atoms. The molecule has 0 saturated heterocycles. The van der Waals surface area contributed by atoms with Gasteiger partial charge < -0.3 is 0 Å². The first kappa shape index (κ1) is 4.69. The van der Waals surface area contributed by atoms with Gasteiger partial charge in [0.15, 0.2) is 0 Å². The molecule has 0 unspecified atom stereocenters. The molecule has 1 nitrogen and oxygen atoms in total. The quantitative estimate of drug-likeness (QED) is 0.331. The van der Waals surface area contributed by atoms with Crippen LogP contribution in [-0.4, -0.2) is 7.86 Å². The van der Waals surface area contributed by atoms with Crippen LogP contribution in [0.3, 0.4) is 0 Å². The second-order valence-electron chi connectivity index (χ2n) is 0.387. The molecular formula is C2H6IO-. The summed E-state index contributed by atoms with van der Waals surface area (Å²) in [6.45, 7) is 1.98. The van der Waals surface area contributed by atoms with Crippen LogP contribution in [0.15, 0.2) is 0 Å². The van der Waals surface area contributed by atoms with E-state index in [-0.39, 0.29) is 21.6 Å². The molecule has 0 heterocycles. The van der Waals surface area contributed by atoms with Crippen molar-refractivity contribution in [2.45, 2.75) is 6.92 Å². The number of halogens is 1. The van der Waals surface area contributed by atoms with Crippen molar-refractivity contribution in [2.75, 3.05) is 4.43 Å². The third-order valence-corrected chi connectivity index (χ3v) is 0.802. The van der Waals surface area contributed by atoms with Crippen molar-refractivity contribution < 1.29 is 25.1 Å². The Kier molecular flexibility index (Phi) is 4.33. The monoisotopic (exact) mass is 173 g/mol. The van der Waals surface area contributed by atoms with E-state index in [1.54, 1.807) is 0 Å². The van der Waals surface area contributed by atoms with Crippen molar-refractivity contribution in [1.82, 2.24) is 0 Å². The van der Waals surface area contributed by atoms with Crippen LogP contribution in [0.2, 0.25) is 0 Å². The molecule has 0 aromatic rings. The van der Waals surface area contributed by atoms with Gasteiger partial charge in [0.25, 0.3) is 0 Å². The average molecular weight is 173 g/mol.